The van der Waals surface area contributed by atoms with Crippen LogP contribution >= 0.6 is 12.6 Å². The predicted octanol–water partition coefficient (Wildman–Crippen LogP) is 2.74. The predicted molar refractivity (Wildman–Crippen MR) is 40.1 cm³/mol. The molecule has 0 aliphatic rings. The number of hydrogen-bond acceptors (Lipinski definition) is 1. The second-order valence-corrected chi connectivity index (χ2v) is 1.88. The lowest BCUT2D eigenvalue weighted by molar-refractivity contribution is 0.780. The maximum absolute atomic E-state index is 4.05. The van der Waals surface area contributed by atoms with Gasteiger partial charge in [-0.3, -0.25) is 0 Å². The van der Waals surface area contributed by atoms with Crippen LogP contribution in [0.3, 0.4) is 0 Å². The van der Waals surface area contributed by atoms with E-state index in [9.17, 15) is 0 Å². The van der Waals surface area contributed by atoms with E-state index >= 15 is 0 Å². The minimum Gasteiger partial charge on any atom is -0.179 e. The molecule has 0 aliphatic carbocycles. The zero-order valence-electron chi connectivity index (χ0n) is 4.28. The topological polar surface area (TPSA) is 0 Å². The number of rotatable bonds is 3. The third-order valence-electron chi connectivity index (χ3n) is 0.762. The van der Waals surface area contributed by atoms with Gasteiger partial charge in [-0.25, -0.2) is 0 Å². The zero-order chi connectivity index (χ0) is 4.83. The second-order valence-electron chi connectivity index (χ2n) is 1.43. The molecule has 0 bridgehead atoms. The van der Waals surface area contributed by atoms with E-state index in [-0.39, 0.29) is 7.43 Å². The molecule has 0 saturated carbocycles. The summed E-state index contributed by atoms with van der Waals surface area (Å²) in [5.41, 5.74) is 0. The maximum Gasteiger partial charge on any atom is -0.00979 e. The summed E-state index contributed by atoms with van der Waals surface area (Å²) in [5, 5.41) is 0. The molecular weight excluding hydrogens is 104 g/mol. The van der Waals surface area contributed by atoms with E-state index in [2.05, 4.69) is 19.6 Å². The Labute approximate surface area is 52.7 Å². The first-order valence-corrected chi connectivity index (χ1v) is 3.16. The summed E-state index contributed by atoms with van der Waals surface area (Å²) >= 11 is 4.05. The Hall–Kier alpha value is 0.350. The molecule has 0 aliphatic heterocycles. The largest absolute Gasteiger partial charge is 0.179 e. The number of hydrogen-bond donors (Lipinski definition) is 1. The van der Waals surface area contributed by atoms with Gasteiger partial charge in [0.25, 0.3) is 0 Å². The van der Waals surface area contributed by atoms with Crippen LogP contribution in [0.15, 0.2) is 0 Å². The summed E-state index contributed by atoms with van der Waals surface area (Å²) in [4.78, 5) is 0. The van der Waals surface area contributed by atoms with Gasteiger partial charge in [0.1, 0.15) is 0 Å². The first kappa shape index (κ1) is 10.4. The summed E-state index contributed by atoms with van der Waals surface area (Å²) in [6.07, 6.45) is 3.92. The van der Waals surface area contributed by atoms with Crippen LogP contribution in [0, 0.1) is 0 Å². The Morgan fingerprint density at radius 2 is 1.86 bits per heavy atom. The van der Waals surface area contributed by atoms with E-state index in [1.165, 1.54) is 19.3 Å². The molecular formula is C6H16S. The molecule has 0 saturated heterocycles. The monoisotopic (exact) mass is 120 g/mol. The Morgan fingerprint density at radius 1 is 1.29 bits per heavy atom. The van der Waals surface area contributed by atoms with Gasteiger partial charge in [0.2, 0.25) is 0 Å². The highest BCUT2D eigenvalue weighted by Gasteiger charge is 1.75. The highest BCUT2D eigenvalue weighted by atomic mass is 32.1. The van der Waals surface area contributed by atoms with E-state index in [4.69, 9.17) is 0 Å². The average molecular weight is 120 g/mol. The SMILES string of the molecule is C.CCCCCS. The molecule has 46 valence electrons. The summed E-state index contributed by atoms with van der Waals surface area (Å²) in [6, 6.07) is 0. The molecule has 0 aromatic heterocycles. The lowest BCUT2D eigenvalue weighted by Crippen LogP contribution is -1.70. The lowest BCUT2D eigenvalue weighted by Gasteiger charge is -1.85. The summed E-state index contributed by atoms with van der Waals surface area (Å²) < 4.78 is 0. The fourth-order valence-electron chi connectivity index (χ4n) is 0.362. The van der Waals surface area contributed by atoms with Gasteiger partial charge in [-0.1, -0.05) is 27.2 Å². The molecule has 0 nitrogen and oxygen atoms in total. The minimum atomic E-state index is 0. The molecule has 0 unspecified atom stereocenters. The smallest absolute Gasteiger partial charge is 0.00979 e. The summed E-state index contributed by atoms with van der Waals surface area (Å²) in [5.74, 6) is 1.05. The minimum absolute atomic E-state index is 0. The van der Waals surface area contributed by atoms with Gasteiger partial charge in [0.05, 0.1) is 0 Å². The van der Waals surface area contributed by atoms with Crippen LogP contribution in [-0.4, -0.2) is 5.75 Å². The Kier molecular flexibility index (Phi) is 14.2. The molecule has 0 radical (unpaired) electrons. The van der Waals surface area contributed by atoms with E-state index < -0.39 is 0 Å². The molecule has 0 atom stereocenters. The molecule has 1 heteroatoms. The molecule has 0 aromatic carbocycles. The Morgan fingerprint density at radius 3 is 2.00 bits per heavy atom. The second kappa shape index (κ2) is 9.61. The third-order valence-corrected chi connectivity index (χ3v) is 1.08. The first-order chi connectivity index (χ1) is 2.91. The fraction of sp³-hybridized carbons (Fsp3) is 1.00. The average Bonchev–Trinajstić information content (AvgIpc) is 1.61. The molecule has 7 heavy (non-hydrogen) atoms. The van der Waals surface area contributed by atoms with Crippen LogP contribution in [0.1, 0.15) is 33.6 Å². The van der Waals surface area contributed by atoms with Crippen molar-refractivity contribution >= 4 is 12.6 Å². The Balaban J connectivity index is 0. The highest BCUT2D eigenvalue weighted by molar-refractivity contribution is 7.80. The molecule has 0 aromatic rings. The van der Waals surface area contributed by atoms with E-state index in [1.807, 2.05) is 0 Å². The van der Waals surface area contributed by atoms with Crippen molar-refractivity contribution in [2.45, 2.75) is 33.6 Å². The molecule has 0 N–H and O–H groups in total. The Bertz CT molecular complexity index is 16.1. The normalized spacial score (nSPS) is 7.71. The summed E-state index contributed by atoms with van der Waals surface area (Å²) in [6.45, 7) is 2.20. The van der Waals surface area contributed by atoms with Crippen LogP contribution in [-0.2, 0) is 0 Å². The summed E-state index contributed by atoms with van der Waals surface area (Å²) in [7, 11) is 0. The lowest BCUT2D eigenvalue weighted by atomic mass is 10.3. The van der Waals surface area contributed by atoms with Gasteiger partial charge in [0.15, 0.2) is 0 Å². The van der Waals surface area contributed by atoms with Gasteiger partial charge in [-0.05, 0) is 12.2 Å². The van der Waals surface area contributed by atoms with E-state index in [0.717, 1.165) is 5.75 Å². The van der Waals surface area contributed by atoms with E-state index in [0.29, 0.717) is 0 Å². The van der Waals surface area contributed by atoms with Crippen molar-refractivity contribution < 1.29 is 0 Å². The zero-order valence-corrected chi connectivity index (χ0v) is 5.17. The van der Waals surface area contributed by atoms with Crippen molar-refractivity contribution in [1.29, 1.82) is 0 Å². The molecule has 0 rings (SSSR count). The maximum atomic E-state index is 4.05. The van der Waals surface area contributed by atoms with Crippen molar-refractivity contribution in [3.05, 3.63) is 0 Å². The van der Waals surface area contributed by atoms with Crippen LogP contribution in [0.5, 0.6) is 0 Å². The van der Waals surface area contributed by atoms with E-state index in [1.54, 1.807) is 0 Å². The van der Waals surface area contributed by atoms with Crippen LogP contribution < -0.4 is 0 Å². The van der Waals surface area contributed by atoms with Crippen molar-refractivity contribution in [2.24, 2.45) is 0 Å². The quantitative estimate of drug-likeness (QED) is 0.429. The van der Waals surface area contributed by atoms with Crippen molar-refractivity contribution in [3.63, 3.8) is 0 Å². The van der Waals surface area contributed by atoms with Crippen molar-refractivity contribution in [2.75, 3.05) is 5.75 Å². The molecule has 0 heterocycles. The van der Waals surface area contributed by atoms with Crippen LogP contribution in [0.2, 0.25) is 0 Å². The molecule has 0 amide bonds. The standard InChI is InChI=1S/C5H12S.CH4/c1-2-3-4-5-6;/h6H,2-5H2,1H3;1H4. The van der Waals surface area contributed by atoms with Gasteiger partial charge in [0, 0.05) is 0 Å². The number of unbranched alkanes of at least 4 members (excludes halogenated alkanes) is 2. The first-order valence-electron chi connectivity index (χ1n) is 2.52. The highest BCUT2D eigenvalue weighted by Crippen LogP contribution is 1.93. The van der Waals surface area contributed by atoms with Gasteiger partial charge in [-0.15, -0.1) is 0 Å². The van der Waals surface area contributed by atoms with Crippen molar-refractivity contribution in [1.82, 2.24) is 0 Å². The van der Waals surface area contributed by atoms with Crippen LogP contribution in [0.25, 0.3) is 0 Å². The third kappa shape index (κ3) is 10.7. The van der Waals surface area contributed by atoms with Crippen LogP contribution in [0.4, 0.5) is 0 Å². The van der Waals surface area contributed by atoms with Crippen molar-refractivity contribution in [3.8, 4) is 0 Å². The molecule has 0 spiro atoms. The number of thiol groups is 1. The van der Waals surface area contributed by atoms with Gasteiger partial charge in [-0.2, -0.15) is 12.6 Å². The fourth-order valence-corrected chi connectivity index (χ4v) is 0.585. The van der Waals surface area contributed by atoms with Gasteiger partial charge < -0.3 is 0 Å². The van der Waals surface area contributed by atoms with Gasteiger partial charge >= 0.3 is 0 Å². The molecule has 0 fully saturated rings.